The Morgan fingerprint density at radius 2 is 2.25 bits per heavy atom. The van der Waals surface area contributed by atoms with E-state index >= 15 is 0 Å². The average Bonchev–Trinajstić information content (AvgIpc) is 2.60. The normalized spacial score (nSPS) is 19.1. The van der Waals surface area contributed by atoms with Gasteiger partial charge in [-0.2, -0.15) is 11.8 Å². The molecule has 1 heterocycles. The number of benzene rings is 1. The second kappa shape index (κ2) is 11.1. The number of rotatable bonds is 10. The van der Waals surface area contributed by atoms with Crippen molar-refractivity contribution >= 4 is 11.8 Å². The zero-order chi connectivity index (χ0) is 17.2. The molecule has 1 unspecified atom stereocenters. The van der Waals surface area contributed by atoms with E-state index in [0.717, 1.165) is 31.0 Å². The number of hydrogen-bond acceptors (Lipinski definition) is 3. The highest BCUT2D eigenvalue weighted by atomic mass is 32.2. The van der Waals surface area contributed by atoms with Gasteiger partial charge in [0.1, 0.15) is 5.82 Å². The van der Waals surface area contributed by atoms with Crippen molar-refractivity contribution in [3.05, 3.63) is 35.6 Å². The predicted octanol–water partition coefficient (Wildman–Crippen LogP) is 4.16. The molecule has 0 bridgehead atoms. The summed E-state index contributed by atoms with van der Waals surface area (Å²) in [5, 5.41) is 0. The van der Waals surface area contributed by atoms with Crippen molar-refractivity contribution in [1.82, 2.24) is 9.80 Å². The molecule has 0 radical (unpaired) electrons. The highest BCUT2D eigenvalue weighted by Crippen LogP contribution is 2.18. The van der Waals surface area contributed by atoms with E-state index in [4.69, 9.17) is 0 Å². The molecule has 1 aliphatic heterocycles. The standard InChI is InChI=1S/C20H33FN2S/c1-3-22(12-6-14-24-2)16-19-8-5-11-23(17-19)13-10-18-7-4-9-20(21)15-18/h4,7,9,15,19H,3,5-6,8,10-14,16-17H2,1-2H3. The van der Waals surface area contributed by atoms with Gasteiger partial charge in [-0.15, -0.1) is 0 Å². The number of thioether (sulfide) groups is 1. The van der Waals surface area contributed by atoms with Crippen LogP contribution >= 0.6 is 11.8 Å². The van der Waals surface area contributed by atoms with Crippen LogP contribution < -0.4 is 0 Å². The van der Waals surface area contributed by atoms with E-state index in [9.17, 15) is 4.39 Å². The van der Waals surface area contributed by atoms with Crippen LogP contribution in [0.5, 0.6) is 0 Å². The van der Waals surface area contributed by atoms with E-state index in [2.05, 4.69) is 23.0 Å². The molecule has 0 aliphatic carbocycles. The summed E-state index contributed by atoms with van der Waals surface area (Å²) in [5.74, 6) is 1.94. The Morgan fingerprint density at radius 3 is 3.00 bits per heavy atom. The lowest BCUT2D eigenvalue weighted by Gasteiger charge is -2.35. The first-order valence-corrected chi connectivity index (χ1v) is 10.8. The van der Waals surface area contributed by atoms with Crippen molar-refractivity contribution < 1.29 is 4.39 Å². The number of piperidine rings is 1. The van der Waals surface area contributed by atoms with Crippen molar-refractivity contribution in [3.63, 3.8) is 0 Å². The van der Waals surface area contributed by atoms with Crippen molar-refractivity contribution in [2.24, 2.45) is 5.92 Å². The maximum atomic E-state index is 13.3. The number of halogens is 1. The molecule has 1 fully saturated rings. The first kappa shape index (κ1) is 19.7. The number of likely N-dealkylation sites (tertiary alicyclic amines) is 1. The van der Waals surface area contributed by atoms with Crippen molar-refractivity contribution in [1.29, 1.82) is 0 Å². The Balaban J connectivity index is 1.74. The van der Waals surface area contributed by atoms with Crippen LogP contribution in [0.4, 0.5) is 4.39 Å². The summed E-state index contributed by atoms with van der Waals surface area (Å²) in [6, 6.07) is 7.05. The number of nitrogens with zero attached hydrogens (tertiary/aromatic N) is 2. The molecular formula is C20H33FN2S. The summed E-state index contributed by atoms with van der Waals surface area (Å²) in [6.07, 6.45) is 7.10. The molecule has 1 atom stereocenters. The Labute approximate surface area is 151 Å². The minimum absolute atomic E-state index is 0.118. The SMILES string of the molecule is CCN(CCCSC)CC1CCCN(CCc2cccc(F)c2)C1. The molecular weight excluding hydrogens is 319 g/mol. The van der Waals surface area contributed by atoms with E-state index in [1.165, 1.54) is 57.3 Å². The smallest absolute Gasteiger partial charge is 0.123 e. The molecule has 24 heavy (non-hydrogen) atoms. The monoisotopic (exact) mass is 352 g/mol. The fourth-order valence-corrected chi connectivity index (χ4v) is 4.08. The summed E-state index contributed by atoms with van der Waals surface area (Å²) < 4.78 is 13.3. The van der Waals surface area contributed by atoms with E-state index in [1.807, 2.05) is 23.9 Å². The maximum absolute atomic E-state index is 13.3. The third-order valence-electron chi connectivity index (χ3n) is 5.00. The van der Waals surface area contributed by atoms with Gasteiger partial charge in [0.2, 0.25) is 0 Å². The van der Waals surface area contributed by atoms with Crippen molar-refractivity contribution in [2.45, 2.75) is 32.6 Å². The van der Waals surface area contributed by atoms with Gasteiger partial charge in [0, 0.05) is 19.6 Å². The lowest BCUT2D eigenvalue weighted by Crippen LogP contribution is -2.42. The Morgan fingerprint density at radius 1 is 1.38 bits per heavy atom. The zero-order valence-corrected chi connectivity index (χ0v) is 16.2. The van der Waals surface area contributed by atoms with E-state index < -0.39 is 0 Å². The number of hydrogen-bond donors (Lipinski definition) is 0. The molecule has 1 aromatic rings. The Kier molecular flexibility index (Phi) is 9.14. The minimum Gasteiger partial charge on any atom is -0.303 e. The van der Waals surface area contributed by atoms with Gasteiger partial charge in [0.25, 0.3) is 0 Å². The molecule has 136 valence electrons. The molecule has 0 amide bonds. The lowest BCUT2D eigenvalue weighted by atomic mass is 9.97. The first-order valence-electron chi connectivity index (χ1n) is 9.39. The quantitative estimate of drug-likeness (QED) is 0.584. The van der Waals surface area contributed by atoms with Crippen LogP contribution in [0.2, 0.25) is 0 Å². The minimum atomic E-state index is -0.118. The largest absolute Gasteiger partial charge is 0.303 e. The molecule has 0 spiro atoms. The molecule has 1 aromatic carbocycles. The van der Waals surface area contributed by atoms with Gasteiger partial charge >= 0.3 is 0 Å². The van der Waals surface area contributed by atoms with Crippen LogP contribution in [0.25, 0.3) is 0 Å². The van der Waals surface area contributed by atoms with Crippen LogP contribution in [0.3, 0.4) is 0 Å². The van der Waals surface area contributed by atoms with Gasteiger partial charge in [-0.25, -0.2) is 4.39 Å². The Bertz CT molecular complexity index is 469. The summed E-state index contributed by atoms with van der Waals surface area (Å²) in [7, 11) is 0. The van der Waals surface area contributed by atoms with Gasteiger partial charge in [-0.1, -0.05) is 19.1 Å². The van der Waals surface area contributed by atoms with Crippen molar-refractivity contribution in [2.75, 3.05) is 51.3 Å². The highest BCUT2D eigenvalue weighted by molar-refractivity contribution is 7.98. The summed E-state index contributed by atoms with van der Waals surface area (Å²) >= 11 is 1.94. The van der Waals surface area contributed by atoms with Crippen LogP contribution in [-0.4, -0.2) is 61.1 Å². The second-order valence-electron chi connectivity index (χ2n) is 6.93. The molecule has 1 aliphatic rings. The molecule has 0 aromatic heterocycles. The van der Waals surface area contributed by atoms with E-state index in [1.54, 1.807) is 6.07 Å². The van der Waals surface area contributed by atoms with Crippen LogP contribution in [0.1, 0.15) is 31.7 Å². The molecule has 0 saturated carbocycles. The fourth-order valence-electron chi connectivity index (χ4n) is 3.66. The topological polar surface area (TPSA) is 6.48 Å². The zero-order valence-electron chi connectivity index (χ0n) is 15.3. The average molecular weight is 353 g/mol. The third-order valence-corrected chi connectivity index (χ3v) is 5.69. The molecule has 1 saturated heterocycles. The third kappa shape index (κ3) is 7.12. The summed E-state index contributed by atoms with van der Waals surface area (Å²) in [4.78, 5) is 5.20. The van der Waals surface area contributed by atoms with Gasteiger partial charge in [-0.05, 0) is 80.9 Å². The second-order valence-corrected chi connectivity index (χ2v) is 7.91. The van der Waals surface area contributed by atoms with Gasteiger partial charge < -0.3 is 9.80 Å². The summed E-state index contributed by atoms with van der Waals surface area (Å²) in [5.41, 5.74) is 1.12. The van der Waals surface area contributed by atoms with E-state index in [0.29, 0.717) is 0 Å². The summed E-state index contributed by atoms with van der Waals surface area (Å²) in [6.45, 7) is 9.37. The predicted molar refractivity (Wildman–Crippen MR) is 104 cm³/mol. The van der Waals surface area contributed by atoms with Crippen LogP contribution in [0.15, 0.2) is 24.3 Å². The molecule has 2 rings (SSSR count). The van der Waals surface area contributed by atoms with Gasteiger partial charge in [0.15, 0.2) is 0 Å². The lowest BCUT2D eigenvalue weighted by molar-refractivity contribution is 0.136. The first-order chi connectivity index (χ1) is 11.7. The van der Waals surface area contributed by atoms with Crippen molar-refractivity contribution in [3.8, 4) is 0 Å². The van der Waals surface area contributed by atoms with E-state index in [-0.39, 0.29) is 5.82 Å². The highest BCUT2D eigenvalue weighted by Gasteiger charge is 2.21. The molecule has 2 nitrogen and oxygen atoms in total. The van der Waals surface area contributed by atoms with Crippen LogP contribution in [0, 0.1) is 11.7 Å². The van der Waals surface area contributed by atoms with Crippen LogP contribution in [-0.2, 0) is 6.42 Å². The molecule has 4 heteroatoms. The van der Waals surface area contributed by atoms with Gasteiger partial charge in [-0.3, -0.25) is 0 Å². The van der Waals surface area contributed by atoms with Gasteiger partial charge in [0.05, 0.1) is 0 Å². The fraction of sp³-hybridized carbons (Fsp3) is 0.700. The molecule has 0 N–H and O–H groups in total. The Hall–Kier alpha value is -0.580. The maximum Gasteiger partial charge on any atom is 0.123 e.